The fourth-order valence-corrected chi connectivity index (χ4v) is 2.88. The average molecular weight is 454 g/mol. The van der Waals surface area contributed by atoms with Crippen molar-refractivity contribution in [2.45, 2.75) is 65.2 Å². The Morgan fingerprint density at radius 1 is 1.12 bits per heavy atom. The first-order valence-corrected chi connectivity index (χ1v) is 10.1. The fraction of sp³-hybridized carbons (Fsp3) is 0.417. The Labute approximate surface area is 187 Å². The second-order valence-electron chi connectivity index (χ2n) is 8.30. The molecule has 176 valence electrons. The molecule has 1 aromatic rings. The number of amides is 1. The van der Waals surface area contributed by atoms with Crippen molar-refractivity contribution in [3.05, 3.63) is 71.6 Å². The number of carbonyl (C=O) groups excluding carboxylic acids is 2. The van der Waals surface area contributed by atoms with Gasteiger partial charge in [-0.1, -0.05) is 18.7 Å². The highest BCUT2D eigenvalue weighted by Gasteiger charge is 2.29. The summed E-state index contributed by atoms with van der Waals surface area (Å²) in [6.07, 6.45) is -0.202. The second kappa shape index (κ2) is 11.5. The number of hydrogen-bond donors (Lipinski definition) is 1. The highest BCUT2D eigenvalue weighted by Crippen LogP contribution is 2.33. The summed E-state index contributed by atoms with van der Waals surface area (Å²) >= 11 is 0. The van der Waals surface area contributed by atoms with Crippen LogP contribution in [0.2, 0.25) is 0 Å². The highest BCUT2D eigenvalue weighted by molar-refractivity contribution is 5.81. The maximum absolute atomic E-state index is 14.7. The lowest BCUT2D eigenvalue weighted by atomic mass is 9.87. The van der Waals surface area contributed by atoms with Gasteiger partial charge in [-0.25, -0.2) is 22.8 Å². The smallest absolute Gasteiger partial charge is 0.408 e. The van der Waals surface area contributed by atoms with Gasteiger partial charge in [0.05, 0.1) is 0 Å². The summed E-state index contributed by atoms with van der Waals surface area (Å²) in [4.78, 5) is 24.4. The molecular formula is C24H30F3NO4. The van der Waals surface area contributed by atoms with Crippen molar-refractivity contribution in [3.63, 3.8) is 0 Å². The molecule has 0 aliphatic heterocycles. The number of alkyl carbamates (subject to hydrolysis) is 1. The van der Waals surface area contributed by atoms with Crippen molar-refractivity contribution < 1.29 is 32.2 Å². The van der Waals surface area contributed by atoms with Crippen LogP contribution in [0.4, 0.5) is 18.0 Å². The van der Waals surface area contributed by atoms with Crippen LogP contribution >= 0.6 is 0 Å². The molecule has 5 nitrogen and oxygen atoms in total. The molecule has 1 N–H and O–H groups in total. The van der Waals surface area contributed by atoms with Crippen LogP contribution in [0.1, 0.15) is 53.0 Å². The molecule has 0 saturated carbocycles. The third kappa shape index (κ3) is 8.61. The molecule has 1 amide bonds. The Morgan fingerprint density at radius 2 is 1.69 bits per heavy atom. The molecule has 1 aromatic carbocycles. The molecule has 32 heavy (non-hydrogen) atoms. The van der Waals surface area contributed by atoms with Gasteiger partial charge in [-0.05, 0) is 70.9 Å². The molecule has 0 bridgehead atoms. The SMILES string of the molecule is C=C/C(F)=C\C(F)=C(/C)[C@H](c1ccc(F)cc1)[C@H](C)OC(=O)[C@H](C)NC(=O)OC(C)(C)C. The Bertz CT molecular complexity index is 886. The summed E-state index contributed by atoms with van der Waals surface area (Å²) in [6.45, 7) is 12.6. The number of carbonyl (C=O) groups is 2. The van der Waals surface area contributed by atoms with Gasteiger partial charge in [0.25, 0.3) is 0 Å². The van der Waals surface area contributed by atoms with Crippen molar-refractivity contribution in [3.8, 4) is 0 Å². The molecule has 0 aliphatic rings. The zero-order valence-corrected chi connectivity index (χ0v) is 19.2. The zero-order valence-electron chi connectivity index (χ0n) is 19.2. The lowest BCUT2D eigenvalue weighted by Gasteiger charge is -2.27. The highest BCUT2D eigenvalue weighted by atomic mass is 19.1. The average Bonchev–Trinajstić information content (AvgIpc) is 2.67. The number of benzene rings is 1. The van der Waals surface area contributed by atoms with Crippen LogP contribution in [0.5, 0.6) is 0 Å². The standard InChI is InChI=1S/C24H30F3NO4/c1-8-18(25)13-20(27)14(2)21(17-9-11-19(26)12-10-17)16(4)31-22(29)15(3)28-23(30)32-24(5,6)7/h8-13,15-16,21H,1H2,2-7H3,(H,28,30)/b18-13+,20-14-/t15-,16-,21-/m0/s1. The van der Waals surface area contributed by atoms with Crippen LogP contribution in [0.15, 0.2) is 60.2 Å². The molecule has 0 spiro atoms. The van der Waals surface area contributed by atoms with E-state index in [1.807, 2.05) is 0 Å². The Balaban J connectivity index is 3.13. The van der Waals surface area contributed by atoms with E-state index in [-0.39, 0.29) is 5.57 Å². The Kier molecular flexibility index (Phi) is 9.75. The third-order valence-corrected chi connectivity index (χ3v) is 4.39. The van der Waals surface area contributed by atoms with Gasteiger partial charge >= 0.3 is 12.1 Å². The molecule has 0 fully saturated rings. The molecule has 0 aliphatic carbocycles. The van der Waals surface area contributed by atoms with E-state index in [0.717, 1.165) is 6.08 Å². The van der Waals surface area contributed by atoms with E-state index in [1.165, 1.54) is 45.0 Å². The summed E-state index contributed by atoms with van der Waals surface area (Å²) in [5.74, 6) is -3.87. The van der Waals surface area contributed by atoms with E-state index in [1.54, 1.807) is 20.8 Å². The first-order valence-electron chi connectivity index (χ1n) is 10.1. The number of esters is 1. The van der Waals surface area contributed by atoms with E-state index in [9.17, 15) is 22.8 Å². The van der Waals surface area contributed by atoms with Gasteiger partial charge in [-0.15, -0.1) is 0 Å². The summed E-state index contributed by atoms with van der Waals surface area (Å²) < 4.78 is 52.1. The minimum absolute atomic E-state index is 0.0710. The van der Waals surface area contributed by atoms with Gasteiger partial charge in [0, 0.05) is 12.0 Å². The molecule has 0 saturated heterocycles. The van der Waals surface area contributed by atoms with Gasteiger partial charge in [-0.2, -0.15) is 0 Å². The quantitative estimate of drug-likeness (QED) is 0.385. The number of rotatable bonds is 8. The number of halogens is 3. The van der Waals surface area contributed by atoms with Gasteiger partial charge in [0.15, 0.2) is 0 Å². The minimum atomic E-state index is -1.05. The van der Waals surface area contributed by atoms with Crippen LogP contribution in [-0.4, -0.2) is 29.8 Å². The fourth-order valence-electron chi connectivity index (χ4n) is 2.88. The topological polar surface area (TPSA) is 64.6 Å². The normalized spacial score (nSPS) is 15.7. The van der Waals surface area contributed by atoms with Crippen molar-refractivity contribution >= 4 is 12.1 Å². The molecule has 3 atom stereocenters. The number of allylic oxidation sites excluding steroid dienone is 4. The van der Waals surface area contributed by atoms with Crippen molar-refractivity contribution in [1.82, 2.24) is 5.32 Å². The van der Waals surface area contributed by atoms with Gasteiger partial charge in [0.1, 0.15) is 35.2 Å². The maximum Gasteiger partial charge on any atom is 0.408 e. The number of nitrogens with one attached hydrogen (secondary N) is 1. The van der Waals surface area contributed by atoms with E-state index in [0.29, 0.717) is 11.6 Å². The monoisotopic (exact) mass is 453 g/mol. The predicted molar refractivity (Wildman–Crippen MR) is 117 cm³/mol. The molecule has 0 aromatic heterocycles. The second-order valence-corrected chi connectivity index (χ2v) is 8.30. The number of hydrogen-bond acceptors (Lipinski definition) is 4. The Morgan fingerprint density at radius 3 is 2.19 bits per heavy atom. The minimum Gasteiger partial charge on any atom is -0.460 e. The summed E-state index contributed by atoms with van der Waals surface area (Å²) in [6, 6.07) is 4.19. The van der Waals surface area contributed by atoms with Crippen molar-refractivity contribution in [1.29, 1.82) is 0 Å². The van der Waals surface area contributed by atoms with Crippen LogP contribution in [0, 0.1) is 5.82 Å². The van der Waals surface area contributed by atoms with Gasteiger partial charge in [-0.3, -0.25) is 0 Å². The van der Waals surface area contributed by atoms with Crippen LogP contribution in [-0.2, 0) is 14.3 Å². The summed E-state index contributed by atoms with van der Waals surface area (Å²) in [5.41, 5.74) is -0.219. The molecular weight excluding hydrogens is 423 g/mol. The van der Waals surface area contributed by atoms with Crippen LogP contribution in [0.25, 0.3) is 0 Å². The molecule has 0 radical (unpaired) electrons. The van der Waals surface area contributed by atoms with E-state index < -0.39 is 53.2 Å². The summed E-state index contributed by atoms with van der Waals surface area (Å²) in [7, 11) is 0. The summed E-state index contributed by atoms with van der Waals surface area (Å²) in [5, 5.41) is 2.37. The first kappa shape index (κ1) is 27.0. The van der Waals surface area contributed by atoms with Crippen molar-refractivity contribution in [2.75, 3.05) is 0 Å². The van der Waals surface area contributed by atoms with Gasteiger partial charge < -0.3 is 14.8 Å². The first-order chi connectivity index (χ1) is 14.7. The zero-order chi connectivity index (χ0) is 24.6. The van der Waals surface area contributed by atoms with E-state index >= 15 is 0 Å². The molecule has 8 heteroatoms. The lowest BCUT2D eigenvalue weighted by molar-refractivity contribution is -0.151. The largest absolute Gasteiger partial charge is 0.460 e. The Hall–Kier alpha value is -3.03. The third-order valence-electron chi connectivity index (χ3n) is 4.39. The van der Waals surface area contributed by atoms with Crippen molar-refractivity contribution in [2.24, 2.45) is 0 Å². The maximum atomic E-state index is 14.7. The lowest BCUT2D eigenvalue weighted by Crippen LogP contribution is -2.43. The van der Waals surface area contributed by atoms with Crippen LogP contribution in [0.3, 0.4) is 0 Å². The molecule has 1 rings (SSSR count). The van der Waals surface area contributed by atoms with E-state index in [4.69, 9.17) is 9.47 Å². The number of ether oxygens (including phenoxy) is 2. The molecule has 0 unspecified atom stereocenters. The predicted octanol–water partition coefficient (Wildman–Crippen LogP) is 6.04. The van der Waals surface area contributed by atoms with Gasteiger partial charge in [0.2, 0.25) is 0 Å². The van der Waals surface area contributed by atoms with E-state index in [2.05, 4.69) is 11.9 Å². The van der Waals surface area contributed by atoms with Crippen LogP contribution < -0.4 is 5.32 Å². The molecule has 0 heterocycles.